The Morgan fingerprint density at radius 2 is 1.93 bits per heavy atom. The maximum absolute atomic E-state index is 11.3. The summed E-state index contributed by atoms with van der Waals surface area (Å²) in [6.45, 7) is 1.57. The Kier molecular flexibility index (Phi) is 2.93. The number of Topliss-reactive ketones (excluding diaryl/α,β-unsaturated/α-hetero) is 1. The smallest absolute Gasteiger partial charge is 0.269 e. The molecule has 0 bridgehead atoms. The Balaban J connectivity index is 2.94. The largest absolute Gasteiger partial charge is 0.321 e. The number of nitro groups is 1. The van der Waals surface area contributed by atoms with E-state index in [-0.39, 0.29) is 11.5 Å². The number of ketones is 1. The van der Waals surface area contributed by atoms with Gasteiger partial charge in [-0.25, -0.2) is 0 Å². The molecule has 0 radical (unpaired) electrons. The number of benzene rings is 1. The molecule has 0 fully saturated rings. The van der Waals surface area contributed by atoms with Crippen molar-refractivity contribution < 1.29 is 9.72 Å². The first kappa shape index (κ1) is 10.3. The van der Waals surface area contributed by atoms with E-state index in [1.165, 1.54) is 24.3 Å². The standard InChI is InChI=1S/C9H10N2O3/c1-6(10)9(12)7-2-4-8(5-3-7)11(13)14/h2-6H,10H2,1H3. The van der Waals surface area contributed by atoms with Gasteiger partial charge < -0.3 is 5.73 Å². The van der Waals surface area contributed by atoms with Crippen LogP contribution in [0.5, 0.6) is 0 Å². The van der Waals surface area contributed by atoms with Crippen LogP contribution in [0.4, 0.5) is 5.69 Å². The van der Waals surface area contributed by atoms with Crippen molar-refractivity contribution in [3.63, 3.8) is 0 Å². The van der Waals surface area contributed by atoms with Gasteiger partial charge in [-0.3, -0.25) is 14.9 Å². The number of carbonyl (C=O) groups is 1. The Hall–Kier alpha value is -1.75. The van der Waals surface area contributed by atoms with Crippen LogP contribution in [0, 0.1) is 10.1 Å². The van der Waals surface area contributed by atoms with Gasteiger partial charge in [0.15, 0.2) is 5.78 Å². The fourth-order valence-electron chi connectivity index (χ4n) is 1.01. The summed E-state index contributed by atoms with van der Waals surface area (Å²) < 4.78 is 0. The maximum atomic E-state index is 11.3. The van der Waals surface area contributed by atoms with Crippen LogP contribution in [0.15, 0.2) is 24.3 Å². The lowest BCUT2D eigenvalue weighted by Crippen LogP contribution is -2.26. The van der Waals surface area contributed by atoms with Crippen molar-refractivity contribution in [1.82, 2.24) is 0 Å². The molecule has 0 saturated carbocycles. The minimum atomic E-state index is -0.587. The van der Waals surface area contributed by atoms with Crippen molar-refractivity contribution in [3.8, 4) is 0 Å². The fraction of sp³-hybridized carbons (Fsp3) is 0.222. The number of carbonyl (C=O) groups excluding carboxylic acids is 1. The lowest BCUT2D eigenvalue weighted by atomic mass is 10.1. The van der Waals surface area contributed by atoms with Gasteiger partial charge in [0.1, 0.15) is 0 Å². The molecule has 0 aliphatic rings. The summed E-state index contributed by atoms with van der Waals surface area (Å²) in [4.78, 5) is 21.1. The maximum Gasteiger partial charge on any atom is 0.269 e. The molecule has 5 nitrogen and oxygen atoms in total. The number of hydrogen-bond donors (Lipinski definition) is 1. The summed E-state index contributed by atoms with van der Waals surface area (Å²) in [5.41, 5.74) is 5.74. The Bertz CT molecular complexity index is 357. The molecule has 1 unspecified atom stereocenters. The van der Waals surface area contributed by atoms with E-state index in [0.717, 1.165) is 0 Å². The van der Waals surface area contributed by atoms with E-state index in [1.807, 2.05) is 0 Å². The van der Waals surface area contributed by atoms with Crippen LogP contribution in [0.1, 0.15) is 17.3 Å². The van der Waals surface area contributed by atoms with E-state index in [1.54, 1.807) is 6.92 Å². The molecule has 0 aliphatic carbocycles. The molecule has 0 saturated heterocycles. The first-order chi connectivity index (χ1) is 6.52. The van der Waals surface area contributed by atoms with Crippen LogP contribution in [0.25, 0.3) is 0 Å². The first-order valence-corrected chi connectivity index (χ1v) is 4.06. The number of nitrogens with zero attached hydrogens (tertiary/aromatic N) is 1. The quantitative estimate of drug-likeness (QED) is 0.444. The second kappa shape index (κ2) is 3.97. The van der Waals surface area contributed by atoms with Gasteiger partial charge in [0.2, 0.25) is 0 Å². The van der Waals surface area contributed by atoms with Gasteiger partial charge in [-0.15, -0.1) is 0 Å². The third-order valence-electron chi connectivity index (χ3n) is 1.78. The number of nitrogens with two attached hydrogens (primary N) is 1. The van der Waals surface area contributed by atoms with E-state index in [0.29, 0.717) is 5.56 Å². The molecule has 5 heteroatoms. The van der Waals surface area contributed by atoms with Crippen molar-refractivity contribution in [2.45, 2.75) is 13.0 Å². The zero-order valence-electron chi connectivity index (χ0n) is 7.64. The lowest BCUT2D eigenvalue weighted by molar-refractivity contribution is -0.384. The highest BCUT2D eigenvalue weighted by Gasteiger charge is 2.12. The molecule has 0 aliphatic heterocycles. The van der Waals surface area contributed by atoms with Crippen LogP contribution in [-0.4, -0.2) is 16.7 Å². The molecule has 1 aromatic rings. The zero-order chi connectivity index (χ0) is 10.7. The van der Waals surface area contributed by atoms with Gasteiger partial charge in [-0.05, 0) is 19.1 Å². The van der Waals surface area contributed by atoms with Crippen LogP contribution >= 0.6 is 0 Å². The molecule has 14 heavy (non-hydrogen) atoms. The van der Waals surface area contributed by atoms with E-state index >= 15 is 0 Å². The fourth-order valence-corrected chi connectivity index (χ4v) is 1.01. The van der Waals surface area contributed by atoms with Crippen LogP contribution in [0.2, 0.25) is 0 Å². The van der Waals surface area contributed by atoms with E-state index in [2.05, 4.69) is 0 Å². The molecular weight excluding hydrogens is 184 g/mol. The van der Waals surface area contributed by atoms with E-state index in [9.17, 15) is 14.9 Å². The van der Waals surface area contributed by atoms with Crippen LogP contribution in [-0.2, 0) is 0 Å². The molecule has 0 spiro atoms. The van der Waals surface area contributed by atoms with Gasteiger partial charge >= 0.3 is 0 Å². The van der Waals surface area contributed by atoms with Gasteiger partial charge in [0, 0.05) is 17.7 Å². The average Bonchev–Trinajstić information content (AvgIpc) is 2.16. The summed E-state index contributed by atoms with van der Waals surface area (Å²) in [6.07, 6.45) is 0. The van der Waals surface area contributed by atoms with Crippen LogP contribution in [0.3, 0.4) is 0 Å². The number of rotatable bonds is 3. The van der Waals surface area contributed by atoms with E-state index in [4.69, 9.17) is 5.73 Å². The number of nitro benzene ring substituents is 1. The van der Waals surface area contributed by atoms with Gasteiger partial charge in [-0.2, -0.15) is 0 Å². The molecule has 1 atom stereocenters. The topological polar surface area (TPSA) is 86.2 Å². The summed E-state index contributed by atoms with van der Waals surface area (Å²) in [5.74, 6) is -0.222. The summed E-state index contributed by atoms with van der Waals surface area (Å²) >= 11 is 0. The van der Waals surface area contributed by atoms with Crippen molar-refractivity contribution in [2.24, 2.45) is 5.73 Å². The Morgan fingerprint density at radius 3 is 2.29 bits per heavy atom. The van der Waals surface area contributed by atoms with Gasteiger partial charge in [-0.1, -0.05) is 0 Å². The monoisotopic (exact) mass is 194 g/mol. The predicted molar refractivity (Wildman–Crippen MR) is 51.1 cm³/mol. The lowest BCUT2D eigenvalue weighted by Gasteiger charge is -2.02. The van der Waals surface area contributed by atoms with Crippen molar-refractivity contribution in [2.75, 3.05) is 0 Å². The zero-order valence-corrected chi connectivity index (χ0v) is 7.64. The van der Waals surface area contributed by atoms with Crippen molar-refractivity contribution in [3.05, 3.63) is 39.9 Å². The molecule has 74 valence electrons. The number of non-ortho nitro benzene ring substituents is 1. The second-order valence-corrected chi connectivity index (χ2v) is 2.96. The third kappa shape index (κ3) is 2.14. The third-order valence-corrected chi connectivity index (χ3v) is 1.78. The molecule has 0 aromatic heterocycles. The molecule has 1 rings (SSSR count). The predicted octanol–water partition coefficient (Wildman–Crippen LogP) is 1.12. The molecular formula is C9H10N2O3. The highest BCUT2D eigenvalue weighted by molar-refractivity contribution is 5.99. The minimum absolute atomic E-state index is 0.0359. The summed E-state index contributed by atoms with van der Waals surface area (Å²) in [5, 5.41) is 10.3. The van der Waals surface area contributed by atoms with Crippen molar-refractivity contribution in [1.29, 1.82) is 0 Å². The Labute approximate surface area is 80.7 Å². The van der Waals surface area contributed by atoms with Gasteiger partial charge in [0.05, 0.1) is 11.0 Å². The first-order valence-electron chi connectivity index (χ1n) is 4.06. The normalized spacial score (nSPS) is 12.1. The Morgan fingerprint density at radius 1 is 1.43 bits per heavy atom. The van der Waals surface area contributed by atoms with Crippen molar-refractivity contribution >= 4 is 11.5 Å². The number of hydrogen-bond acceptors (Lipinski definition) is 4. The van der Waals surface area contributed by atoms with Gasteiger partial charge in [0.25, 0.3) is 5.69 Å². The van der Waals surface area contributed by atoms with E-state index < -0.39 is 11.0 Å². The second-order valence-electron chi connectivity index (χ2n) is 2.96. The highest BCUT2D eigenvalue weighted by atomic mass is 16.6. The molecule has 0 amide bonds. The van der Waals surface area contributed by atoms with Crippen LogP contribution < -0.4 is 5.73 Å². The summed E-state index contributed by atoms with van der Waals surface area (Å²) in [7, 11) is 0. The summed E-state index contributed by atoms with van der Waals surface area (Å²) in [6, 6.07) is 4.80. The minimum Gasteiger partial charge on any atom is -0.321 e. The average molecular weight is 194 g/mol. The highest BCUT2D eigenvalue weighted by Crippen LogP contribution is 2.12. The molecule has 0 heterocycles. The molecule has 2 N–H and O–H groups in total. The molecule has 1 aromatic carbocycles. The SMILES string of the molecule is CC(N)C(=O)c1ccc([N+](=O)[O-])cc1.